The quantitative estimate of drug-likeness (QED) is 0.552. The summed E-state index contributed by atoms with van der Waals surface area (Å²) in [5.74, 6) is 0.246. The fraction of sp³-hybridized carbons (Fsp3) is 0.391. The molecule has 0 aliphatic carbocycles. The summed E-state index contributed by atoms with van der Waals surface area (Å²) in [7, 11) is -3.59. The number of hydrogen-bond acceptors (Lipinski definition) is 5. The van der Waals surface area contributed by atoms with Crippen LogP contribution < -0.4 is 0 Å². The predicted molar refractivity (Wildman–Crippen MR) is 124 cm³/mol. The third kappa shape index (κ3) is 4.37. The molecule has 2 heterocycles. The average molecular weight is 458 g/mol. The minimum absolute atomic E-state index is 0.112. The Kier molecular flexibility index (Phi) is 6.41. The van der Waals surface area contributed by atoms with E-state index >= 15 is 0 Å². The number of fused-ring (bicyclic) bond motifs is 1. The Morgan fingerprint density at radius 3 is 2.48 bits per heavy atom. The molecule has 0 spiro atoms. The summed E-state index contributed by atoms with van der Waals surface area (Å²) in [5.41, 5.74) is 1.46. The zero-order valence-electron chi connectivity index (χ0n) is 17.8. The molecule has 4 rings (SSSR count). The maximum atomic E-state index is 13.1. The number of nitrogens with zero attached hydrogens (tertiary/aromatic N) is 3. The molecule has 31 heavy (non-hydrogen) atoms. The molecule has 0 unspecified atom stereocenters. The largest absolute Gasteiger partial charge is 0.339 e. The first-order valence-corrected chi connectivity index (χ1v) is 12.9. The van der Waals surface area contributed by atoms with Crippen molar-refractivity contribution in [2.24, 2.45) is 0 Å². The second kappa shape index (κ2) is 9.06. The standard InChI is InChI=1S/C23H27N3O3S2/c1-3-26(4-2)31(28,29)19-9-7-8-18(16-19)23(27)25-14-12-17(13-15-25)22-24-20-10-5-6-11-21(20)30-22/h5-11,16-17H,3-4,12-15H2,1-2H3. The molecule has 0 atom stereocenters. The summed E-state index contributed by atoms with van der Waals surface area (Å²) < 4.78 is 28.2. The number of sulfonamides is 1. The van der Waals surface area contributed by atoms with E-state index in [1.54, 1.807) is 29.5 Å². The number of hydrogen-bond donors (Lipinski definition) is 0. The third-order valence-electron chi connectivity index (χ3n) is 5.87. The molecule has 1 aromatic heterocycles. The zero-order valence-corrected chi connectivity index (χ0v) is 19.5. The molecule has 1 amide bonds. The van der Waals surface area contributed by atoms with Crippen LogP contribution in [0.15, 0.2) is 53.4 Å². The highest BCUT2D eigenvalue weighted by molar-refractivity contribution is 7.89. The summed E-state index contributed by atoms with van der Waals surface area (Å²) in [6.07, 6.45) is 1.73. The van der Waals surface area contributed by atoms with Crippen LogP contribution in [0.4, 0.5) is 0 Å². The highest BCUT2D eigenvalue weighted by Crippen LogP contribution is 2.34. The zero-order chi connectivity index (χ0) is 22.0. The smallest absolute Gasteiger partial charge is 0.253 e. The number of carbonyl (C=O) groups is 1. The lowest BCUT2D eigenvalue weighted by Crippen LogP contribution is -2.38. The summed E-state index contributed by atoms with van der Waals surface area (Å²) >= 11 is 1.74. The Hall–Kier alpha value is -2.29. The Labute approximate surface area is 187 Å². The van der Waals surface area contributed by atoms with Crippen molar-refractivity contribution < 1.29 is 13.2 Å². The highest BCUT2D eigenvalue weighted by Gasteiger charge is 2.28. The Morgan fingerprint density at radius 2 is 1.81 bits per heavy atom. The molecular weight excluding hydrogens is 430 g/mol. The normalized spacial score (nSPS) is 15.6. The van der Waals surface area contributed by atoms with Gasteiger partial charge in [-0.05, 0) is 43.2 Å². The second-order valence-electron chi connectivity index (χ2n) is 7.70. The van der Waals surface area contributed by atoms with E-state index in [-0.39, 0.29) is 10.8 Å². The molecule has 1 aliphatic rings. The Morgan fingerprint density at radius 1 is 1.10 bits per heavy atom. The van der Waals surface area contributed by atoms with E-state index in [9.17, 15) is 13.2 Å². The van der Waals surface area contributed by atoms with E-state index in [1.165, 1.54) is 15.1 Å². The van der Waals surface area contributed by atoms with E-state index in [0.717, 1.165) is 23.4 Å². The number of amides is 1. The van der Waals surface area contributed by atoms with Crippen LogP contribution in [0.3, 0.4) is 0 Å². The van der Waals surface area contributed by atoms with Gasteiger partial charge in [0.2, 0.25) is 10.0 Å². The molecular formula is C23H27N3O3S2. The highest BCUT2D eigenvalue weighted by atomic mass is 32.2. The van der Waals surface area contributed by atoms with Crippen molar-refractivity contribution in [2.75, 3.05) is 26.2 Å². The Balaban J connectivity index is 1.46. The molecule has 3 aromatic rings. The minimum Gasteiger partial charge on any atom is -0.339 e. The maximum Gasteiger partial charge on any atom is 0.253 e. The SMILES string of the molecule is CCN(CC)S(=O)(=O)c1cccc(C(=O)N2CCC(c3nc4ccccc4s3)CC2)c1. The van der Waals surface area contributed by atoms with Gasteiger partial charge in [-0.15, -0.1) is 11.3 Å². The first kappa shape index (κ1) is 21.9. The molecule has 8 heteroatoms. The van der Waals surface area contributed by atoms with Gasteiger partial charge in [0, 0.05) is 37.7 Å². The molecule has 0 N–H and O–H groups in total. The van der Waals surface area contributed by atoms with Gasteiger partial charge < -0.3 is 4.90 Å². The van der Waals surface area contributed by atoms with Crippen molar-refractivity contribution in [3.63, 3.8) is 0 Å². The van der Waals surface area contributed by atoms with Gasteiger partial charge in [-0.1, -0.05) is 32.0 Å². The van der Waals surface area contributed by atoms with E-state index in [4.69, 9.17) is 4.98 Å². The third-order valence-corrected chi connectivity index (χ3v) is 9.11. The van der Waals surface area contributed by atoms with Gasteiger partial charge in [-0.3, -0.25) is 4.79 Å². The van der Waals surface area contributed by atoms with Gasteiger partial charge in [-0.2, -0.15) is 4.31 Å². The number of piperidine rings is 1. The monoisotopic (exact) mass is 457 g/mol. The number of rotatable bonds is 6. The van der Waals surface area contributed by atoms with E-state index in [2.05, 4.69) is 6.07 Å². The first-order valence-electron chi connectivity index (χ1n) is 10.7. The number of carbonyl (C=O) groups excluding carboxylic acids is 1. The van der Waals surface area contributed by atoms with Crippen molar-refractivity contribution in [3.8, 4) is 0 Å². The second-order valence-corrected chi connectivity index (χ2v) is 10.7. The lowest BCUT2D eigenvalue weighted by atomic mass is 9.97. The Bertz CT molecular complexity index is 1140. The van der Waals surface area contributed by atoms with Crippen LogP contribution in [0.1, 0.15) is 48.0 Å². The van der Waals surface area contributed by atoms with E-state index in [1.807, 2.05) is 36.9 Å². The predicted octanol–water partition coefficient (Wildman–Crippen LogP) is 4.35. The lowest BCUT2D eigenvalue weighted by Gasteiger charge is -2.31. The lowest BCUT2D eigenvalue weighted by molar-refractivity contribution is 0.0712. The van der Waals surface area contributed by atoms with E-state index in [0.29, 0.717) is 37.7 Å². The van der Waals surface area contributed by atoms with Crippen molar-refractivity contribution in [2.45, 2.75) is 37.5 Å². The molecule has 1 aliphatic heterocycles. The minimum atomic E-state index is -3.59. The maximum absolute atomic E-state index is 13.1. The molecule has 2 aromatic carbocycles. The van der Waals surface area contributed by atoms with Crippen LogP contribution in [0.5, 0.6) is 0 Å². The van der Waals surface area contributed by atoms with Gasteiger partial charge in [0.1, 0.15) is 0 Å². The molecule has 0 radical (unpaired) electrons. The van der Waals surface area contributed by atoms with Gasteiger partial charge >= 0.3 is 0 Å². The number of aromatic nitrogens is 1. The van der Waals surface area contributed by atoms with E-state index < -0.39 is 10.0 Å². The summed E-state index contributed by atoms with van der Waals surface area (Å²) in [4.78, 5) is 19.9. The first-order chi connectivity index (χ1) is 14.9. The number of thiazole rings is 1. The number of para-hydroxylation sites is 1. The fourth-order valence-corrected chi connectivity index (χ4v) is 6.72. The van der Waals surface area contributed by atoms with Crippen molar-refractivity contribution in [1.82, 2.24) is 14.2 Å². The van der Waals surface area contributed by atoms with Crippen LogP contribution in [-0.2, 0) is 10.0 Å². The number of likely N-dealkylation sites (tertiary alicyclic amines) is 1. The van der Waals surface area contributed by atoms with Crippen LogP contribution in [0, 0.1) is 0 Å². The van der Waals surface area contributed by atoms with Gasteiger partial charge in [0.05, 0.1) is 20.1 Å². The van der Waals surface area contributed by atoms with Gasteiger partial charge in [-0.25, -0.2) is 13.4 Å². The van der Waals surface area contributed by atoms with Gasteiger partial charge in [0.15, 0.2) is 0 Å². The van der Waals surface area contributed by atoms with Crippen LogP contribution >= 0.6 is 11.3 Å². The van der Waals surface area contributed by atoms with Crippen LogP contribution in [-0.4, -0.2) is 54.7 Å². The summed E-state index contributed by atoms with van der Waals surface area (Å²) in [6, 6.07) is 14.6. The molecule has 1 fully saturated rings. The molecule has 0 bridgehead atoms. The molecule has 0 saturated carbocycles. The van der Waals surface area contributed by atoms with Crippen molar-refractivity contribution >= 4 is 37.5 Å². The summed E-state index contributed by atoms with van der Waals surface area (Å²) in [6.45, 7) is 5.71. The topological polar surface area (TPSA) is 70.6 Å². The number of benzene rings is 2. The molecule has 164 valence electrons. The van der Waals surface area contributed by atoms with Crippen LogP contribution in [0.25, 0.3) is 10.2 Å². The van der Waals surface area contributed by atoms with Gasteiger partial charge in [0.25, 0.3) is 5.91 Å². The molecule has 1 saturated heterocycles. The average Bonchev–Trinajstić information content (AvgIpc) is 3.24. The van der Waals surface area contributed by atoms with Crippen molar-refractivity contribution in [1.29, 1.82) is 0 Å². The fourth-order valence-electron chi connectivity index (χ4n) is 4.08. The molecule has 6 nitrogen and oxygen atoms in total. The van der Waals surface area contributed by atoms with Crippen LogP contribution in [0.2, 0.25) is 0 Å². The van der Waals surface area contributed by atoms with Crippen molar-refractivity contribution in [3.05, 3.63) is 59.1 Å². The summed E-state index contributed by atoms with van der Waals surface area (Å²) in [5, 5.41) is 1.14.